The average molecular weight is 291 g/mol. The fourth-order valence-corrected chi connectivity index (χ4v) is 4.57. The van der Waals surface area contributed by atoms with Gasteiger partial charge >= 0.3 is 13.6 Å². The molecule has 7 nitrogen and oxygen atoms in total. The van der Waals surface area contributed by atoms with E-state index in [9.17, 15) is 14.6 Å². The van der Waals surface area contributed by atoms with E-state index in [1.54, 1.807) is 0 Å². The molecular formula is C11H18NO6P. The third-order valence-corrected chi connectivity index (χ3v) is 6.13. The molecule has 2 aliphatic rings. The van der Waals surface area contributed by atoms with Crippen molar-refractivity contribution in [2.75, 3.05) is 13.2 Å². The summed E-state index contributed by atoms with van der Waals surface area (Å²) in [6.45, 7) is 5.68. The number of carboxylic acid groups (broad SMARTS) is 1. The fraction of sp³-hybridized carbons (Fsp3) is 0.818. The molecule has 2 heterocycles. The lowest BCUT2D eigenvalue weighted by Crippen LogP contribution is -2.41. The highest BCUT2D eigenvalue weighted by Gasteiger charge is 2.61. The Morgan fingerprint density at radius 3 is 2.32 bits per heavy atom. The smallest absolute Gasteiger partial charge is 0.401 e. The van der Waals surface area contributed by atoms with Crippen molar-refractivity contribution in [2.24, 2.45) is 5.41 Å². The number of nitrogens with zero attached hydrogens (tertiary/aromatic N) is 1. The zero-order chi connectivity index (χ0) is 14.5. The van der Waals surface area contributed by atoms with Gasteiger partial charge in [-0.3, -0.25) is 4.57 Å². The molecule has 0 spiro atoms. The molecule has 19 heavy (non-hydrogen) atoms. The molecule has 1 N–H and O–H groups in total. The number of rotatable bonds is 2. The Bertz CT molecular complexity index is 485. The van der Waals surface area contributed by atoms with Gasteiger partial charge in [0.1, 0.15) is 0 Å². The van der Waals surface area contributed by atoms with Gasteiger partial charge in [0.15, 0.2) is 0 Å². The maximum absolute atomic E-state index is 12.7. The average Bonchev–Trinajstić information content (AvgIpc) is 2.62. The minimum Gasteiger partial charge on any atom is -0.623 e. The number of carboxylic acids is 1. The van der Waals surface area contributed by atoms with Gasteiger partial charge in [-0.2, -0.15) is 4.74 Å². The van der Waals surface area contributed by atoms with E-state index in [4.69, 9.17) is 14.2 Å². The topological polar surface area (TPSA) is 98.9 Å². The van der Waals surface area contributed by atoms with E-state index in [-0.39, 0.29) is 37.2 Å². The Balaban J connectivity index is 2.32. The quantitative estimate of drug-likeness (QED) is 0.473. The van der Waals surface area contributed by atoms with E-state index in [1.807, 2.05) is 13.8 Å². The predicted molar refractivity (Wildman–Crippen MR) is 67.2 cm³/mol. The van der Waals surface area contributed by atoms with Crippen LogP contribution in [0.4, 0.5) is 0 Å². The third kappa shape index (κ3) is 2.20. The largest absolute Gasteiger partial charge is 0.623 e. The zero-order valence-corrected chi connectivity index (χ0v) is 12.1. The molecule has 0 saturated carbocycles. The Morgan fingerprint density at radius 2 is 1.89 bits per heavy atom. The van der Waals surface area contributed by atoms with Crippen LogP contribution in [0.5, 0.6) is 0 Å². The molecule has 0 aromatic heterocycles. The number of hydrogen-bond acceptors (Lipinski definition) is 5. The molecule has 0 bridgehead atoms. The molecule has 2 rings (SSSR count). The second-order valence-electron chi connectivity index (χ2n) is 5.97. The summed E-state index contributed by atoms with van der Waals surface area (Å²) in [5.41, 5.74) is -0.564. The van der Waals surface area contributed by atoms with Crippen molar-refractivity contribution in [1.82, 2.24) is 0 Å². The van der Waals surface area contributed by atoms with Crippen molar-refractivity contribution in [1.29, 1.82) is 0 Å². The Kier molecular flexibility index (Phi) is 3.28. The molecule has 0 aliphatic carbocycles. The second kappa shape index (κ2) is 4.30. The van der Waals surface area contributed by atoms with E-state index < -0.39 is 18.8 Å². The number of hydroxylamine groups is 1. The summed E-state index contributed by atoms with van der Waals surface area (Å²) in [6, 6.07) is 0. The Morgan fingerprint density at radius 1 is 1.37 bits per heavy atom. The van der Waals surface area contributed by atoms with Gasteiger partial charge in [-0.1, -0.05) is 13.8 Å². The van der Waals surface area contributed by atoms with Gasteiger partial charge in [-0.25, -0.2) is 4.79 Å². The molecular weight excluding hydrogens is 273 g/mol. The van der Waals surface area contributed by atoms with Gasteiger partial charge in [0.25, 0.3) is 11.0 Å². The SMILES string of the molecule is CC1(C)COP(=O)(C2(C)CCC(C(=O)O)=[N+]2[O-])OC1. The van der Waals surface area contributed by atoms with E-state index in [2.05, 4.69) is 0 Å². The first-order chi connectivity index (χ1) is 8.61. The van der Waals surface area contributed by atoms with Crippen LogP contribution in [-0.2, 0) is 18.4 Å². The molecule has 1 fully saturated rings. The summed E-state index contributed by atoms with van der Waals surface area (Å²) in [7, 11) is -3.66. The van der Waals surface area contributed by atoms with Crippen LogP contribution in [0.1, 0.15) is 33.6 Å². The van der Waals surface area contributed by atoms with E-state index in [1.165, 1.54) is 6.92 Å². The summed E-state index contributed by atoms with van der Waals surface area (Å²) in [6.07, 6.45) is 0.214. The first-order valence-corrected chi connectivity index (χ1v) is 7.61. The normalized spacial score (nSPS) is 33.4. The van der Waals surface area contributed by atoms with Crippen LogP contribution >= 0.6 is 7.60 Å². The summed E-state index contributed by atoms with van der Waals surface area (Å²) >= 11 is 0. The Labute approximate surface area is 111 Å². The monoisotopic (exact) mass is 291 g/mol. The predicted octanol–water partition coefficient (Wildman–Crippen LogP) is 1.80. The van der Waals surface area contributed by atoms with Crippen molar-refractivity contribution >= 4 is 19.3 Å². The van der Waals surface area contributed by atoms with Crippen LogP contribution in [-0.4, -0.2) is 40.0 Å². The van der Waals surface area contributed by atoms with Crippen molar-refractivity contribution in [2.45, 2.75) is 38.9 Å². The molecule has 0 aromatic rings. The van der Waals surface area contributed by atoms with Crippen LogP contribution in [0, 0.1) is 10.6 Å². The van der Waals surface area contributed by atoms with E-state index >= 15 is 0 Å². The lowest BCUT2D eigenvalue weighted by molar-refractivity contribution is -0.510. The molecule has 108 valence electrons. The maximum Gasteiger partial charge on any atom is 0.401 e. The van der Waals surface area contributed by atoms with Crippen molar-refractivity contribution in [3.8, 4) is 0 Å². The minimum atomic E-state index is -3.66. The highest BCUT2D eigenvalue weighted by Crippen LogP contribution is 2.66. The Hall–Kier alpha value is -0.910. The van der Waals surface area contributed by atoms with Gasteiger partial charge in [0, 0.05) is 25.2 Å². The fourth-order valence-electron chi connectivity index (χ4n) is 2.17. The lowest BCUT2D eigenvalue weighted by atomic mass is 9.97. The van der Waals surface area contributed by atoms with Crippen LogP contribution in [0.2, 0.25) is 0 Å². The van der Waals surface area contributed by atoms with E-state index in [0.717, 1.165) is 0 Å². The third-order valence-electron chi connectivity index (χ3n) is 3.61. The molecule has 0 amide bonds. The van der Waals surface area contributed by atoms with Crippen LogP contribution in [0.25, 0.3) is 0 Å². The van der Waals surface area contributed by atoms with Crippen LogP contribution in [0.3, 0.4) is 0 Å². The molecule has 1 unspecified atom stereocenters. The standard InChI is InChI=1S/C11H18NO6P/c1-10(2)6-17-19(16,18-7-10)11(3)5-4-8(9(13)14)12(11)15/h4-7H2,1-3H3,(H,13,14). The van der Waals surface area contributed by atoms with Crippen molar-refractivity contribution in [3.05, 3.63) is 5.21 Å². The summed E-state index contributed by atoms with van der Waals surface area (Å²) < 4.78 is 23.7. The molecule has 1 atom stereocenters. The molecule has 1 saturated heterocycles. The molecule has 0 aromatic carbocycles. The maximum atomic E-state index is 12.7. The summed E-state index contributed by atoms with van der Waals surface area (Å²) in [5, 5.41) is 19.6. The first-order valence-electron chi connectivity index (χ1n) is 6.07. The highest BCUT2D eigenvalue weighted by atomic mass is 31.2. The number of carbonyl (C=O) groups is 1. The lowest BCUT2D eigenvalue weighted by Gasteiger charge is -2.39. The minimum absolute atomic E-state index is 0.0649. The van der Waals surface area contributed by atoms with Gasteiger partial charge < -0.3 is 19.4 Å². The van der Waals surface area contributed by atoms with Crippen molar-refractivity contribution in [3.63, 3.8) is 0 Å². The summed E-state index contributed by atoms with van der Waals surface area (Å²) in [4.78, 5) is 10.9. The van der Waals surface area contributed by atoms with Crippen LogP contribution in [0.15, 0.2) is 0 Å². The molecule has 0 radical (unpaired) electrons. The molecule has 2 aliphatic heterocycles. The van der Waals surface area contributed by atoms with Crippen molar-refractivity contribution < 1.29 is 28.3 Å². The molecule has 8 heteroatoms. The first kappa shape index (κ1) is 14.5. The number of aliphatic carboxylic acids is 1. The van der Waals surface area contributed by atoms with Crippen LogP contribution < -0.4 is 0 Å². The second-order valence-corrected chi connectivity index (χ2v) is 8.45. The highest BCUT2D eigenvalue weighted by molar-refractivity contribution is 7.55. The van der Waals surface area contributed by atoms with Gasteiger partial charge in [-0.05, 0) is 0 Å². The van der Waals surface area contributed by atoms with Gasteiger partial charge in [-0.15, -0.1) is 0 Å². The number of hydrogen-bond donors (Lipinski definition) is 1. The van der Waals surface area contributed by atoms with Gasteiger partial charge in [0.2, 0.25) is 0 Å². The summed E-state index contributed by atoms with van der Waals surface area (Å²) in [5.74, 6) is -1.29. The van der Waals surface area contributed by atoms with E-state index in [0.29, 0.717) is 4.74 Å². The van der Waals surface area contributed by atoms with Gasteiger partial charge in [0.05, 0.1) is 13.2 Å². The zero-order valence-electron chi connectivity index (χ0n) is 11.2.